The van der Waals surface area contributed by atoms with E-state index in [0.29, 0.717) is 11.3 Å². The number of allylic oxidation sites excluding steroid dienone is 2. The molecule has 1 heterocycles. The number of nitrogens with one attached hydrogen (secondary N) is 1. The highest BCUT2D eigenvalue weighted by Crippen LogP contribution is 2.31. The van der Waals surface area contributed by atoms with Crippen molar-refractivity contribution in [3.8, 4) is 6.07 Å². The molecule has 0 bridgehead atoms. The van der Waals surface area contributed by atoms with Gasteiger partial charge in [0.15, 0.2) is 0 Å². The van der Waals surface area contributed by atoms with Crippen LogP contribution >= 0.6 is 0 Å². The van der Waals surface area contributed by atoms with Gasteiger partial charge >= 0.3 is 12.1 Å². The number of ether oxygens (including phenoxy) is 2. The summed E-state index contributed by atoms with van der Waals surface area (Å²) in [5, 5.41) is 12.0. The van der Waals surface area contributed by atoms with E-state index < -0.39 is 18.2 Å². The molecule has 7 heteroatoms. The summed E-state index contributed by atoms with van der Waals surface area (Å²) in [5.74, 6) is 0. The Bertz CT molecular complexity index is 589. The van der Waals surface area contributed by atoms with Crippen molar-refractivity contribution >= 4 is 12.1 Å². The maximum Gasteiger partial charge on any atom is 0.418 e. The van der Waals surface area contributed by atoms with Crippen molar-refractivity contribution in [1.82, 2.24) is 10.2 Å². The van der Waals surface area contributed by atoms with Crippen molar-refractivity contribution in [2.45, 2.75) is 38.6 Å². The van der Waals surface area contributed by atoms with Crippen LogP contribution in [0.25, 0.3) is 0 Å². The summed E-state index contributed by atoms with van der Waals surface area (Å²) in [6.07, 6.45) is 4.96. The number of rotatable bonds is 4. The van der Waals surface area contributed by atoms with Crippen LogP contribution in [0.15, 0.2) is 22.9 Å². The highest BCUT2D eigenvalue weighted by Gasteiger charge is 2.40. The Labute approximate surface area is 135 Å². The lowest BCUT2D eigenvalue weighted by Gasteiger charge is -2.36. The zero-order valence-electron chi connectivity index (χ0n) is 13.4. The number of nitriles is 1. The van der Waals surface area contributed by atoms with E-state index in [1.807, 2.05) is 6.08 Å². The normalized spacial score (nSPS) is 21.4. The van der Waals surface area contributed by atoms with Gasteiger partial charge in [0.25, 0.3) is 0 Å². The van der Waals surface area contributed by atoms with Crippen molar-refractivity contribution in [3.05, 3.63) is 22.9 Å². The van der Waals surface area contributed by atoms with Gasteiger partial charge in [-0.3, -0.25) is 0 Å². The van der Waals surface area contributed by atoms with E-state index in [9.17, 15) is 14.9 Å². The van der Waals surface area contributed by atoms with Crippen LogP contribution in [0.4, 0.5) is 9.59 Å². The third-order valence-electron chi connectivity index (χ3n) is 3.96. The Morgan fingerprint density at radius 1 is 1.48 bits per heavy atom. The third kappa shape index (κ3) is 3.71. The molecule has 0 saturated carbocycles. The second kappa shape index (κ2) is 7.79. The fraction of sp³-hybridized carbons (Fsp3) is 0.562. The van der Waals surface area contributed by atoms with E-state index in [4.69, 9.17) is 9.47 Å². The molecule has 0 radical (unpaired) electrons. The number of hydrogen-bond acceptors (Lipinski definition) is 5. The average Bonchev–Trinajstić information content (AvgIpc) is 2.55. The molecule has 2 rings (SSSR count). The highest BCUT2D eigenvalue weighted by atomic mass is 16.6. The zero-order valence-corrected chi connectivity index (χ0v) is 13.4. The van der Waals surface area contributed by atoms with Crippen molar-refractivity contribution in [3.63, 3.8) is 0 Å². The third-order valence-corrected chi connectivity index (χ3v) is 3.96. The molecule has 1 unspecified atom stereocenters. The largest absolute Gasteiger partial charge is 0.447 e. The molecule has 0 saturated heterocycles. The second-order valence-corrected chi connectivity index (χ2v) is 5.49. The smallest absolute Gasteiger partial charge is 0.418 e. The van der Waals surface area contributed by atoms with Crippen LogP contribution in [0, 0.1) is 11.3 Å². The first-order chi connectivity index (χ1) is 11.1. The van der Waals surface area contributed by atoms with Crippen LogP contribution in [0.5, 0.6) is 0 Å². The van der Waals surface area contributed by atoms with Gasteiger partial charge in [0.2, 0.25) is 0 Å². The Hall–Kier alpha value is -2.33. The summed E-state index contributed by atoms with van der Waals surface area (Å²) >= 11 is 0. The van der Waals surface area contributed by atoms with E-state index >= 15 is 0 Å². The topological polar surface area (TPSA) is 91.7 Å². The number of imide groups is 1. The predicted molar refractivity (Wildman–Crippen MR) is 82.2 cm³/mol. The molecular formula is C16H21N3O4. The molecule has 0 aromatic rings. The van der Waals surface area contributed by atoms with E-state index in [-0.39, 0.29) is 13.2 Å². The summed E-state index contributed by atoms with van der Waals surface area (Å²) in [4.78, 5) is 25.6. The van der Waals surface area contributed by atoms with Gasteiger partial charge in [0.1, 0.15) is 12.6 Å². The van der Waals surface area contributed by atoms with Crippen molar-refractivity contribution in [1.29, 1.82) is 5.26 Å². The molecule has 1 aliphatic heterocycles. The fourth-order valence-corrected chi connectivity index (χ4v) is 2.82. The minimum absolute atomic E-state index is 0.0511. The SMILES string of the molecule is COCCOC(=O)N1C(=O)NC(C)=C(C#N)C1C1=CCCCC1. The van der Waals surface area contributed by atoms with E-state index in [1.54, 1.807) is 6.92 Å². The van der Waals surface area contributed by atoms with Gasteiger partial charge in [-0.25, -0.2) is 14.5 Å². The van der Waals surface area contributed by atoms with Gasteiger partial charge in [0, 0.05) is 12.8 Å². The van der Waals surface area contributed by atoms with Crippen LogP contribution in [-0.2, 0) is 9.47 Å². The molecule has 1 atom stereocenters. The fourth-order valence-electron chi connectivity index (χ4n) is 2.82. The molecular weight excluding hydrogens is 298 g/mol. The predicted octanol–water partition coefficient (Wildman–Crippen LogP) is 2.46. The molecule has 2 aliphatic rings. The van der Waals surface area contributed by atoms with E-state index in [2.05, 4.69) is 11.4 Å². The summed E-state index contributed by atoms with van der Waals surface area (Å²) in [7, 11) is 1.50. The zero-order chi connectivity index (χ0) is 16.8. The standard InChI is InChI=1S/C16H21N3O4/c1-11-13(10-17)14(12-6-4-3-5-7-12)19(15(20)18-11)16(21)23-9-8-22-2/h6,14H,3-5,7-9H2,1-2H3,(H,18,20). The minimum atomic E-state index is -0.767. The number of amides is 3. The molecule has 0 spiro atoms. The van der Waals surface area contributed by atoms with Crippen LogP contribution in [0.3, 0.4) is 0 Å². The molecule has 0 aromatic carbocycles. The number of hydrogen-bond donors (Lipinski definition) is 1. The van der Waals surface area contributed by atoms with Gasteiger partial charge in [0.05, 0.1) is 18.2 Å². The number of methoxy groups -OCH3 is 1. The number of carbonyl (C=O) groups excluding carboxylic acids is 2. The van der Waals surface area contributed by atoms with Crippen molar-refractivity contribution in [2.24, 2.45) is 0 Å². The lowest BCUT2D eigenvalue weighted by atomic mass is 9.87. The number of carbonyl (C=O) groups is 2. The first-order valence-electron chi connectivity index (χ1n) is 7.65. The van der Waals surface area contributed by atoms with Crippen LogP contribution in [-0.4, -0.2) is 43.4 Å². The Balaban J connectivity index is 2.33. The van der Waals surface area contributed by atoms with Gasteiger partial charge < -0.3 is 14.8 Å². The molecule has 3 amide bonds. The maximum atomic E-state index is 12.3. The Morgan fingerprint density at radius 3 is 2.87 bits per heavy atom. The monoisotopic (exact) mass is 319 g/mol. The van der Waals surface area contributed by atoms with Gasteiger partial charge in [-0.1, -0.05) is 6.08 Å². The lowest BCUT2D eigenvalue weighted by molar-refractivity contribution is 0.0740. The van der Waals surface area contributed by atoms with E-state index in [1.165, 1.54) is 7.11 Å². The Morgan fingerprint density at radius 2 is 2.26 bits per heavy atom. The van der Waals surface area contributed by atoms with Gasteiger partial charge in [-0.05, 0) is 38.2 Å². The summed E-state index contributed by atoms with van der Waals surface area (Å²) in [5.41, 5.74) is 1.78. The van der Waals surface area contributed by atoms with Crippen LogP contribution in [0.2, 0.25) is 0 Å². The van der Waals surface area contributed by atoms with Crippen LogP contribution in [0.1, 0.15) is 32.6 Å². The maximum absolute atomic E-state index is 12.3. The molecule has 1 N–H and O–H groups in total. The minimum Gasteiger partial charge on any atom is -0.447 e. The first-order valence-corrected chi connectivity index (χ1v) is 7.65. The van der Waals surface area contributed by atoms with Gasteiger partial charge in [-0.2, -0.15) is 5.26 Å². The second-order valence-electron chi connectivity index (χ2n) is 5.49. The highest BCUT2D eigenvalue weighted by molar-refractivity contribution is 5.94. The van der Waals surface area contributed by atoms with E-state index in [0.717, 1.165) is 36.2 Å². The van der Waals surface area contributed by atoms with Crippen molar-refractivity contribution in [2.75, 3.05) is 20.3 Å². The molecule has 124 valence electrons. The molecule has 0 fully saturated rings. The van der Waals surface area contributed by atoms with Gasteiger partial charge in [-0.15, -0.1) is 0 Å². The quantitative estimate of drug-likeness (QED) is 0.635. The average molecular weight is 319 g/mol. The van der Waals surface area contributed by atoms with Crippen molar-refractivity contribution < 1.29 is 19.1 Å². The molecule has 7 nitrogen and oxygen atoms in total. The molecule has 23 heavy (non-hydrogen) atoms. The lowest BCUT2D eigenvalue weighted by Crippen LogP contribution is -2.55. The molecule has 0 aromatic heterocycles. The summed E-state index contributed by atoms with van der Waals surface area (Å²) < 4.78 is 9.92. The summed E-state index contributed by atoms with van der Waals surface area (Å²) in [6.45, 7) is 1.96. The Kier molecular flexibility index (Phi) is 5.77. The van der Waals surface area contributed by atoms with Crippen LogP contribution < -0.4 is 5.32 Å². The first kappa shape index (κ1) is 17.0. The molecule has 1 aliphatic carbocycles. The number of nitrogens with zero attached hydrogens (tertiary/aromatic N) is 2. The summed E-state index contributed by atoms with van der Waals surface area (Å²) in [6, 6.07) is 0.878. The number of urea groups is 1.